The molecule has 0 fully saturated rings. The average Bonchev–Trinajstić information content (AvgIpc) is 2.54. The molecule has 0 bridgehead atoms. The van der Waals surface area contributed by atoms with Crippen LogP contribution in [-0.2, 0) is 17.3 Å². The van der Waals surface area contributed by atoms with Crippen LogP contribution in [0.4, 0.5) is 5.69 Å². The number of rotatable bonds is 8. The second-order valence-corrected chi connectivity index (χ2v) is 7.48. The van der Waals surface area contributed by atoms with E-state index in [1.54, 1.807) is 6.26 Å². The zero-order valence-corrected chi connectivity index (χ0v) is 15.7. The van der Waals surface area contributed by atoms with Gasteiger partial charge in [-0.3, -0.25) is 4.21 Å². The first-order valence-electron chi connectivity index (χ1n) is 8.00. The van der Waals surface area contributed by atoms with Crippen molar-refractivity contribution in [1.29, 1.82) is 0 Å². The second kappa shape index (κ2) is 8.85. The first-order chi connectivity index (χ1) is 11.5. The zero-order chi connectivity index (χ0) is 17.5. The number of benzene rings is 2. The Morgan fingerprint density at radius 3 is 2.46 bits per heavy atom. The van der Waals surface area contributed by atoms with Crippen molar-refractivity contribution in [1.82, 2.24) is 4.90 Å². The Hall–Kier alpha value is -1.85. The summed E-state index contributed by atoms with van der Waals surface area (Å²) in [6.45, 7) is 4.29. The minimum Gasteiger partial charge on any atom is -0.490 e. The molecule has 2 rings (SSSR count). The van der Waals surface area contributed by atoms with E-state index in [-0.39, 0.29) is 0 Å². The van der Waals surface area contributed by atoms with Crippen molar-refractivity contribution in [3.8, 4) is 5.75 Å². The molecule has 0 aliphatic heterocycles. The predicted molar refractivity (Wildman–Crippen MR) is 101 cm³/mol. The van der Waals surface area contributed by atoms with Gasteiger partial charge >= 0.3 is 0 Å². The maximum Gasteiger partial charge on any atom is 0.142 e. The number of hydrogen-bond donors (Lipinski definition) is 1. The highest BCUT2D eigenvalue weighted by atomic mass is 32.2. The first-order valence-corrected chi connectivity index (χ1v) is 9.56. The van der Waals surface area contributed by atoms with Gasteiger partial charge in [-0.05, 0) is 56.4 Å². The van der Waals surface area contributed by atoms with Gasteiger partial charge in [0.1, 0.15) is 12.4 Å². The summed E-state index contributed by atoms with van der Waals surface area (Å²) in [7, 11) is 3.13. The summed E-state index contributed by atoms with van der Waals surface area (Å²) in [4.78, 5) is 2.95. The van der Waals surface area contributed by atoms with Crippen LogP contribution in [0.5, 0.6) is 5.75 Å². The van der Waals surface area contributed by atoms with Crippen molar-refractivity contribution >= 4 is 16.5 Å². The van der Waals surface area contributed by atoms with Crippen LogP contribution < -0.4 is 10.1 Å². The molecule has 24 heavy (non-hydrogen) atoms. The molecule has 0 aliphatic carbocycles. The summed E-state index contributed by atoms with van der Waals surface area (Å²) >= 11 is 0. The van der Waals surface area contributed by atoms with E-state index in [0.29, 0.717) is 13.2 Å². The zero-order valence-electron chi connectivity index (χ0n) is 14.8. The highest BCUT2D eigenvalue weighted by molar-refractivity contribution is 7.84. The number of nitrogens with zero attached hydrogens (tertiary/aromatic N) is 1. The lowest BCUT2D eigenvalue weighted by Gasteiger charge is -2.16. The van der Waals surface area contributed by atoms with Crippen molar-refractivity contribution in [2.75, 3.05) is 38.8 Å². The number of ether oxygens (including phenoxy) is 1. The van der Waals surface area contributed by atoms with Crippen molar-refractivity contribution in [2.24, 2.45) is 0 Å². The number of nitrogens with one attached hydrogen (secondary N) is 1. The van der Waals surface area contributed by atoms with Crippen LogP contribution in [0, 0.1) is 6.92 Å². The third kappa shape index (κ3) is 5.65. The third-order valence-corrected chi connectivity index (χ3v) is 4.61. The van der Waals surface area contributed by atoms with Gasteiger partial charge in [-0.25, -0.2) is 0 Å². The normalized spacial score (nSPS) is 12.2. The average molecular weight is 346 g/mol. The molecule has 1 N–H and O–H groups in total. The standard InChI is InChI=1S/C19H26N2O2S/c1-15-5-10-18(19(13-15)23-12-11-21(2)3)20-14-16-6-8-17(9-7-16)24(4)22/h5-10,13,20H,11-12,14H2,1-4H3. The van der Waals surface area contributed by atoms with Crippen LogP contribution in [0.25, 0.3) is 0 Å². The Bertz CT molecular complexity index is 684. The molecule has 0 heterocycles. The molecule has 1 atom stereocenters. The molecular formula is C19H26N2O2S. The number of hydrogen-bond acceptors (Lipinski definition) is 4. The van der Waals surface area contributed by atoms with Crippen LogP contribution >= 0.6 is 0 Å². The number of aryl methyl sites for hydroxylation is 1. The van der Waals surface area contributed by atoms with E-state index >= 15 is 0 Å². The van der Waals surface area contributed by atoms with Gasteiger partial charge in [0.15, 0.2) is 0 Å². The summed E-state index contributed by atoms with van der Waals surface area (Å²) in [5, 5.41) is 3.43. The molecule has 1 unspecified atom stereocenters. The Kier molecular flexibility index (Phi) is 6.82. The Morgan fingerprint density at radius 2 is 1.83 bits per heavy atom. The highest BCUT2D eigenvalue weighted by Crippen LogP contribution is 2.26. The first kappa shape index (κ1) is 18.5. The molecule has 5 heteroatoms. The smallest absolute Gasteiger partial charge is 0.142 e. The Labute approximate surface area is 147 Å². The van der Waals surface area contributed by atoms with Gasteiger partial charge in [0, 0.05) is 35.0 Å². The topological polar surface area (TPSA) is 41.6 Å². The Morgan fingerprint density at radius 1 is 1.12 bits per heavy atom. The molecule has 2 aromatic rings. The molecule has 0 amide bonds. The van der Waals surface area contributed by atoms with Gasteiger partial charge in [-0.15, -0.1) is 0 Å². The minimum absolute atomic E-state index is 0.655. The van der Waals surface area contributed by atoms with Gasteiger partial charge in [0.25, 0.3) is 0 Å². The van der Waals surface area contributed by atoms with E-state index in [1.165, 1.54) is 5.56 Å². The van der Waals surface area contributed by atoms with Crippen LogP contribution in [0.15, 0.2) is 47.4 Å². The SMILES string of the molecule is Cc1ccc(NCc2ccc(S(C)=O)cc2)c(OCCN(C)C)c1. The third-order valence-electron chi connectivity index (χ3n) is 3.67. The fraction of sp³-hybridized carbons (Fsp3) is 0.368. The summed E-state index contributed by atoms with van der Waals surface area (Å²) in [5.41, 5.74) is 3.31. The highest BCUT2D eigenvalue weighted by Gasteiger charge is 2.05. The van der Waals surface area contributed by atoms with Gasteiger partial charge in [-0.2, -0.15) is 0 Å². The van der Waals surface area contributed by atoms with Gasteiger partial charge in [0.2, 0.25) is 0 Å². The molecule has 0 saturated carbocycles. The number of likely N-dealkylation sites (N-methyl/N-ethyl adjacent to an activating group) is 1. The minimum atomic E-state index is -0.936. The molecule has 130 valence electrons. The van der Waals surface area contributed by atoms with Crippen LogP contribution in [-0.4, -0.2) is 42.6 Å². The molecule has 0 saturated heterocycles. The lowest BCUT2D eigenvalue weighted by molar-refractivity contribution is 0.262. The molecule has 0 aliphatic rings. The van der Waals surface area contributed by atoms with Crippen LogP contribution in [0.3, 0.4) is 0 Å². The molecule has 0 spiro atoms. The van der Waals surface area contributed by atoms with Crippen molar-refractivity contribution < 1.29 is 8.95 Å². The summed E-state index contributed by atoms with van der Waals surface area (Å²) < 4.78 is 17.4. The van der Waals surface area contributed by atoms with Crippen molar-refractivity contribution in [2.45, 2.75) is 18.4 Å². The monoisotopic (exact) mass is 346 g/mol. The molecule has 0 radical (unpaired) electrons. The Balaban J connectivity index is 2.01. The fourth-order valence-corrected chi connectivity index (χ4v) is 2.75. The fourth-order valence-electron chi connectivity index (χ4n) is 2.23. The lowest BCUT2D eigenvalue weighted by atomic mass is 10.2. The van der Waals surface area contributed by atoms with Gasteiger partial charge in [-0.1, -0.05) is 18.2 Å². The molecule has 0 aromatic heterocycles. The molecular weight excluding hydrogens is 320 g/mol. The maximum atomic E-state index is 11.4. The number of anilines is 1. The van der Waals surface area contributed by atoms with Crippen LogP contribution in [0.1, 0.15) is 11.1 Å². The summed E-state index contributed by atoms with van der Waals surface area (Å²) in [5.74, 6) is 0.878. The molecule has 4 nitrogen and oxygen atoms in total. The predicted octanol–water partition coefficient (Wildman–Crippen LogP) is 3.28. The van der Waals surface area contributed by atoms with E-state index in [4.69, 9.17) is 4.74 Å². The van der Waals surface area contributed by atoms with E-state index in [1.807, 2.05) is 38.4 Å². The molecule has 2 aromatic carbocycles. The quantitative estimate of drug-likeness (QED) is 0.796. The van der Waals surface area contributed by atoms with Crippen molar-refractivity contribution in [3.63, 3.8) is 0 Å². The summed E-state index contributed by atoms with van der Waals surface area (Å²) in [6, 6.07) is 14.0. The van der Waals surface area contributed by atoms with E-state index in [9.17, 15) is 4.21 Å². The van der Waals surface area contributed by atoms with E-state index in [0.717, 1.165) is 28.4 Å². The summed E-state index contributed by atoms with van der Waals surface area (Å²) in [6.07, 6.45) is 1.69. The van der Waals surface area contributed by atoms with E-state index < -0.39 is 10.8 Å². The van der Waals surface area contributed by atoms with Gasteiger partial charge in [0.05, 0.1) is 5.69 Å². The second-order valence-electron chi connectivity index (χ2n) is 6.10. The lowest BCUT2D eigenvalue weighted by Crippen LogP contribution is -2.19. The van der Waals surface area contributed by atoms with Crippen LogP contribution in [0.2, 0.25) is 0 Å². The van der Waals surface area contributed by atoms with Gasteiger partial charge < -0.3 is 15.0 Å². The van der Waals surface area contributed by atoms with E-state index in [2.05, 4.69) is 35.3 Å². The largest absolute Gasteiger partial charge is 0.490 e. The maximum absolute atomic E-state index is 11.4. The van der Waals surface area contributed by atoms with Crippen molar-refractivity contribution in [3.05, 3.63) is 53.6 Å².